The number of benzene rings is 1. The lowest BCUT2D eigenvalue weighted by Crippen LogP contribution is -2.43. The minimum atomic E-state index is -4.11. The number of aromatic amines is 1. The fourth-order valence-corrected chi connectivity index (χ4v) is 5.99. The van der Waals surface area contributed by atoms with Crippen molar-refractivity contribution in [3.05, 3.63) is 176 Å². The molecular formula is C43H49N9O6SSi. The smallest absolute Gasteiger partial charge is 0.317 e. The molecule has 0 aliphatic heterocycles. The van der Waals surface area contributed by atoms with Gasteiger partial charge in [0.15, 0.2) is 5.03 Å². The molecule has 6 aromatic heterocycles. The van der Waals surface area contributed by atoms with E-state index in [1.165, 1.54) is 24.0 Å². The molecule has 7 aromatic rings. The van der Waals surface area contributed by atoms with Gasteiger partial charge in [-0.25, -0.2) is 9.67 Å². The number of hydrogen-bond acceptors (Lipinski definition) is 11. The number of aliphatic carboxylic acids is 1. The van der Waals surface area contributed by atoms with Crippen molar-refractivity contribution < 1.29 is 27.7 Å². The number of carboxylic acid groups (broad SMARTS) is 1. The number of allylic oxidation sites excluding steroid dienone is 4. The number of aryl methyl sites for hydroxylation is 1. The second-order valence-corrected chi connectivity index (χ2v) is 17.8. The Balaban J connectivity index is 0.000000195. The Hall–Kier alpha value is -6.76. The molecule has 0 spiro atoms. The van der Waals surface area contributed by atoms with E-state index in [2.05, 4.69) is 71.3 Å². The topological polar surface area (TPSA) is 236 Å². The summed E-state index contributed by atoms with van der Waals surface area (Å²) in [5.74, 6) is -0.968. The highest BCUT2D eigenvalue weighted by atomic mass is 32.2. The highest BCUT2D eigenvalue weighted by Gasteiger charge is 2.20. The first kappa shape index (κ1) is 47.6. The Morgan fingerprint density at radius 3 is 1.77 bits per heavy atom. The van der Waals surface area contributed by atoms with E-state index in [0.717, 1.165) is 46.5 Å². The molecule has 0 saturated carbocycles. The molecule has 0 bridgehead atoms. The molecule has 6 heterocycles. The Bertz CT molecular complexity index is 2360. The highest BCUT2D eigenvalue weighted by Crippen LogP contribution is 2.16. The zero-order valence-corrected chi connectivity index (χ0v) is 35.3. The summed E-state index contributed by atoms with van der Waals surface area (Å²) in [4.78, 5) is 34.7. The summed E-state index contributed by atoms with van der Waals surface area (Å²) in [7, 11) is -6.26. The van der Waals surface area contributed by atoms with Crippen LogP contribution in [0.15, 0.2) is 176 Å². The van der Waals surface area contributed by atoms with Gasteiger partial charge in [-0.1, -0.05) is 66.7 Å². The Kier molecular flexibility index (Phi) is 20.3. The molecular weight excluding hydrogens is 799 g/mol. The monoisotopic (exact) mass is 847 g/mol. The molecule has 17 heteroatoms. The average molecular weight is 848 g/mol. The van der Waals surface area contributed by atoms with Crippen molar-refractivity contribution in [3.63, 3.8) is 0 Å². The molecule has 6 N–H and O–H groups in total. The molecule has 0 radical (unpaired) electrons. The number of nitrogens with zero attached hydrogens (tertiary/aromatic N) is 7. The third kappa shape index (κ3) is 18.7. The van der Waals surface area contributed by atoms with Crippen molar-refractivity contribution in [1.82, 2.24) is 39.9 Å². The lowest BCUT2D eigenvalue weighted by molar-refractivity contribution is -0.135. The molecule has 15 nitrogen and oxygen atoms in total. The van der Waals surface area contributed by atoms with Crippen LogP contribution in [-0.4, -0.2) is 83.6 Å². The molecule has 0 atom stereocenters. The predicted octanol–water partition coefficient (Wildman–Crippen LogP) is 6.45. The quantitative estimate of drug-likeness (QED) is 0.0895. The van der Waals surface area contributed by atoms with Crippen LogP contribution in [0.4, 0.5) is 0 Å². The van der Waals surface area contributed by atoms with Crippen LogP contribution in [0.1, 0.15) is 18.5 Å². The maximum atomic E-state index is 10.3. The maximum absolute atomic E-state index is 10.3. The SMILES string of the molecule is C1=CCCC(n2cccn2)=C1.C[Si](C)(O)c1ccccn1.Cc1cc(-c2ccccn2)n[nH]1.NCC(=O)O.O=S(=O)(O)c1ccccn1.c1ccc(-c2ccccn2)cc1. The zero-order chi connectivity index (χ0) is 43.6. The summed E-state index contributed by atoms with van der Waals surface area (Å²) in [5.41, 5.74) is 10.9. The van der Waals surface area contributed by atoms with Gasteiger partial charge in [-0.05, 0) is 99.6 Å². The van der Waals surface area contributed by atoms with Crippen molar-refractivity contribution >= 4 is 35.4 Å². The van der Waals surface area contributed by atoms with Crippen LogP contribution in [0.2, 0.25) is 13.1 Å². The van der Waals surface area contributed by atoms with E-state index in [0.29, 0.717) is 0 Å². The van der Waals surface area contributed by atoms with Gasteiger partial charge in [0.2, 0.25) is 8.32 Å². The van der Waals surface area contributed by atoms with Gasteiger partial charge in [0.1, 0.15) is 5.69 Å². The number of carboxylic acids is 1. The Morgan fingerprint density at radius 2 is 1.37 bits per heavy atom. The summed E-state index contributed by atoms with van der Waals surface area (Å²) in [5, 5.41) is 19.2. The van der Waals surface area contributed by atoms with Crippen LogP contribution in [0.25, 0.3) is 28.3 Å². The van der Waals surface area contributed by atoms with Gasteiger partial charge >= 0.3 is 16.1 Å². The summed E-state index contributed by atoms with van der Waals surface area (Å²) >= 11 is 0. The molecule has 312 valence electrons. The Morgan fingerprint density at radius 1 is 0.783 bits per heavy atom. The first-order valence-corrected chi connectivity index (χ1v) is 22.9. The van der Waals surface area contributed by atoms with Crippen molar-refractivity contribution in [2.45, 2.75) is 37.9 Å². The van der Waals surface area contributed by atoms with Crippen LogP contribution < -0.4 is 11.1 Å². The van der Waals surface area contributed by atoms with Crippen LogP contribution >= 0.6 is 0 Å². The summed E-state index contributed by atoms with van der Waals surface area (Å²) in [6, 6.07) is 35.7. The molecule has 0 fully saturated rings. The van der Waals surface area contributed by atoms with Crippen molar-refractivity contribution in [2.24, 2.45) is 5.73 Å². The normalized spacial score (nSPS) is 11.4. The number of nitrogens with two attached hydrogens (primary N) is 1. The fraction of sp³-hybridized carbons (Fsp3) is 0.140. The van der Waals surface area contributed by atoms with E-state index >= 15 is 0 Å². The number of nitrogens with one attached hydrogen (secondary N) is 1. The molecule has 1 aliphatic rings. The van der Waals surface area contributed by atoms with Gasteiger partial charge < -0.3 is 15.6 Å². The zero-order valence-electron chi connectivity index (χ0n) is 33.5. The molecule has 1 aromatic carbocycles. The molecule has 0 amide bonds. The van der Waals surface area contributed by atoms with E-state index in [-0.39, 0.29) is 11.6 Å². The lowest BCUT2D eigenvalue weighted by atomic mass is 10.1. The van der Waals surface area contributed by atoms with E-state index < -0.39 is 24.4 Å². The first-order chi connectivity index (χ1) is 28.8. The fourth-order valence-electron chi connectivity index (χ4n) is 4.65. The van der Waals surface area contributed by atoms with Crippen molar-refractivity contribution in [1.29, 1.82) is 0 Å². The van der Waals surface area contributed by atoms with E-state index in [1.54, 1.807) is 24.7 Å². The van der Waals surface area contributed by atoms with E-state index in [1.807, 2.05) is 122 Å². The molecule has 1 aliphatic carbocycles. The lowest BCUT2D eigenvalue weighted by Gasteiger charge is -2.11. The number of aromatic nitrogens is 8. The van der Waals surface area contributed by atoms with Gasteiger partial charge in [0.25, 0.3) is 0 Å². The largest absolute Gasteiger partial charge is 0.480 e. The van der Waals surface area contributed by atoms with E-state index in [9.17, 15) is 18.0 Å². The minimum Gasteiger partial charge on any atom is -0.480 e. The number of rotatable bonds is 6. The van der Waals surface area contributed by atoms with Gasteiger partial charge in [-0.15, -0.1) is 0 Å². The van der Waals surface area contributed by atoms with Crippen LogP contribution in [0.5, 0.6) is 0 Å². The van der Waals surface area contributed by atoms with Gasteiger partial charge in [-0.3, -0.25) is 29.4 Å². The van der Waals surface area contributed by atoms with Crippen molar-refractivity contribution in [3.8, 4) is 22.6 Å². The standard InChI is InChI=1S/C11H9N.C9H9N3.C9H10N2.C7H11NOSi.C5H5NO3S.C2H5NO2/c1-2-6-10(7-3-1)11-8-4-5-9-12-11;1-7-6-9(12-11-7)8-4-2-3-5-10-8;1-2-5-9(6-3-1)11-8-4-7-10-11;1-10(2,9)7-5-3-4-6-8-7;7-10(8,9)5-3-1-2-4-6-5;3-1-2(4)5/h1-9H;2-6H,1H3,(H,11,12);1-2,4-5,7-8H,3,6H2;3-6,9H,1-2H3;1-4H,(H,7,8,9);1,3H2,(H,4,5). The summed E-state index contributed by atoms with van der Waals surface area (Å²) in [6.07, 6.45) is 18.9. The van der Waals surface area contributed by atoms with Gasteiger partial charge in [0, 0.05) is 54.1 Å². The van der Waals surface area contributed by atoms with Crippen LogP contribution in [0.3, 0.4) is 0 Å². The maximum Gasteiger partial charge on any atom is 0.317 e. The average Bonchev–Trinajstić information content (AvgIpc) is 3.99. The van der Waals surface area contributed by atoms with Crippen molar-refractivity contribution in [2.75, 3.05) is 6.54 Å². The Labute approximate surface area is 351 Å². The van der Waals surface area contributed by atoms with Gasteiger partial charge in [-0.2, -0.15) is 18.6 Å². The number of carbonyl (C=O) groups is 1. The highest BCUT2D eigenvalue weighted by molar-refractivity contribution is 7.85. The number of pyridine rings is 4. The number of hydrogen-bond donors (Lipinski definition) is 5. The molecule has 8 rings (SSSR count). The molecule has 0 saturated heterocycles. The summed E-state index contributed by atoms with van der Waals surface area (Å²) in [6.45, 7) is 5.41. The first-order valence-electron chi connectivity index (χ1n) is 18.5. The number of H-pyrrole nitrogens is 1. The second kappa shape index (κ2) is 25.6. The second-order valence-electron chi connectivity index (χ2n) is 12.8. The molecule has 60 heavy (non-hydrogen) atoms. The third-order valence-corrected chi connectivity index (χ3v) is 9.85. The minimum absolute atomic E-state index is 0.278. The predicted molar refractivity (Wildman–Crippen MR) is 235 cm³/mol. The van der Waals surface area contributed by atoms with Crippen LogP contribution in [-0.2, 0) is 14.9 Å². The summed E-state index contributed by atoms with van der Waals surface area (Å²) < 4.78 is 31.0. The van der Waals surface area contributed by atoms with E-state index in [4.69, 9.17) is 9.66 Å². The molecule has 0 unspecified atom stereocenters. The third-order valence-electron chi connectivity index (χ3n) is 7.53. The van der Waals surface area contributed by atoms with Gasteiger partial charge in [0.05, 0.1) is 23.2 Å². The van der Waals surface area contributed by atoms with Crippen LogP contribution in [0, 0.1) is 6.92 Å².